The van der Waals surface area contributed by atoms with Gasteiger partial charge in [-0.25, -0.2) is 4.98 Å². The van der Waals surface area contributed by atoms with E-state index in [4.69, 9.17) is 27.7 Å². The second kappa shape index (κ2) is 8.65. The Balaban J connectivity index is 1.76. The summed E-state index contributed by atoms with van der Waals surface area (Å²) >= 11 is 13.4. The number of halogens is 2. The molecule has 27 heavy (non-hydrogen) atoms. The van der Waals surface area contributed by atoms with E-state index in [2.05, 4.69) is 21.7 Å². The highest BCUT2D eigenvalue weighted by Gasteiger charge is 2.19. The number of thiazole rings is 1. The number of hydrogen-bond acceptors (Lipinski definition) is 6. The molecule has 1 aromatic carbocycles. The maximum absolute atomic E-state index is 12.7. The third-order valence-corrected chi connectivity index (χ3v) is 5.28. The highest BCUT2D eigenvalue weighted by atomic mass is 35.5. The van der Waals surface area contributed by atoms with Crippen LogP contribution in [0.5, 0.6) is 0 Å². The molecule has 1 amide bonds. The third kappa shape index (κ3) is 4.74. The maximum Gasteiger partial charge on any atom is 0.229 e. The minimum absolute atomic E-state index is 0.0965. The number of aromatic nitrogens is 3. The van der Waals surface area contributed by atoms with E-state index in [-0.39, 0.29) is 12.3 Å². The molecular formula is C18H16Cl2N4O2S. The molecule has 0 saturated heterocycles. The second-order valence-corrected chi connectivity index (χ2v) is 7.32. The van der Waals surface area contributed by atoms with Crippen molar-refractivity contribution in [2.45, 2.75) is 19.8 Å². The van der Waals surface area contributed by atoms with Gasteiger partial charge in [0.15, 0.2) is 11.0 Å². The average Bonchev–Trinajstić information content (AvgIpc) is 3.29. The van der Waals surface area contributed by atoms with E-state index in [1.807, 2.05) is 11.4 Å². The third-order valence-electron chi connectivity index (χ3n) is 3.67. The standard InChI is InChI=1S/C18H16Cl2N4O2S/c1-3-8-24(17(25)7-6-16-21-11(2)23-26-16)18-22-15(10-27-18)12-4-5-13(19)14(20)9-12/h3-5,9-10H,1,6-8H2,2H3. The van der Waals surface area contributed by atoms with Crippen LogP contribution in [0.15, 0.2) is 40.8 Å². The summed E-state index contributed by atoms with van der Waals surface area (Å²) < 4.78 is 5.05. The van der Waals surface area contributed by atoms with Gasteiger partial charge in [0.1, 0.15) is 0 Å². The Morgan fingerprint density at radius 2 is 2.15 bits per heavy atom. The van der Waals surface area contributed by atoms with Crippen molar-refractivity contribution in [1.82, 2.24) is 15.1 Å². The van der Waals surface area contributed by atoms with E-state index >= 15 is 0 Å². The number of nitrogens with zero attached hydrogens (tertiary/aromatic N) is 4. The second-order valence-electron chi connectivity index (χ2n) is 5.67. The highest BCUT2D eigenvalue weighted by molar-refractivity contribution is 7.14. The zero-order valence-electron chi connectivity index (χ0n) is 14.5. The molecule has 9 heteroatoms. The Kier molecular flexibility index (Phi) is 6.26. The molecule has 2 aromatic heterocycles. The molecule has 0 aliphatic rings. The monoisotopic (exact) mass is 422 g/mol. The first-order valence-corrected chi connectivity index (χ1v) is 9.73. The Morgan fingerprint density at radius 3 is 2.81 bits per heavy atom. The van der Waals surface area contributed by atoms with E-state index in [0.29, 0.717) is 39.9 Å². The molecule has 0 N–H and O–H groups in total. The maximum atomic E-state index is 12.7. The molecule has 0 saturated carbocycles. The minimum atomic E-state index is -0.0965. The van der Waals surface area contributed by atoms with Gasteiger partial charge in [-0.15, -0.1) is 17.9 Å². The Labute approximate surface area is 170 Å². The van der Waals surface area contributed by atoms with Crippen LogP contribution in [0.3, 0.4) is 0 Å². The molecule has 3 aromatic rings. The topological polar surface area (TPSA) is 72.1 Å². The summed E-state index contributed by atoms with van der Waals surface area (Å²) in [6, 6.07) is 5.31. The molecule has 0 aliphatic carbocycles. The van der Waals surface area contributed by atoms with Crippen LogP contribution in [-0.2, 0) is 11.2 Å². The van der Waals surface area contributed by atoms with Crippen molar-refractivity contribution in [3.05, 3.63) is 58.0 Å². The average molecular weight is 423 g/mol. The molecule has 0 bridgehead atoms. The summed E-state index contributed by atoms with van der Waals surface area (Å²) in [5, 5.41) is 7.13. The largest absolute Gasteiger partial charge is 0.339 e. The molecule has 0 unspecified atom stereocenters. The number of carbonyl (C=O) groups excluding carboxylic acids is 1. The van der Waals surface area contributed by atoms with Gasteiger partial charge in [-0.05, 0) is 19.1 Å². The number of hydrogen-bond donors (Lipinski definition) is 0. The van der Waals surface area contributed by atoms with Crippen LogP contribution in [0.4, 0.5) is 5.13 Å². The first kappa shape index (κ1) is 19.5. The smallest absolute Gasteiger partial charge is 0.229 e. The van der Waals surface area contributed by atoms with E-state index < -0.39 is 0 Å². The zero-order chi connectivity index (χ0) is 19.4. The molecule has 0 radical (unpaired) electrons. The number of aryl methyl sites for hydroxylation is 2. The number of benzene rings is 1. The summed E-state index contributed by atoms with van der Waals surface area (Å²) in [5.41, 5.74) is 1.56. The molecule has 140 valence electrons. The van der Waals surface area contributed by atoms with Crippen LogP contribution in [0, 0.1) is 6.92 Å². The summed E-state index contributed by atoms with van der Waals surface area (Å²) in [5.74, 6) is 0.891. The van der Waals surface area contributed by atoms with Gasteiger partial charge >= 0.3 is 0 Å². The molecule has 0 aliphatic heterocycles. The van der Waals surface area contributed by atoms with Crippen LogP contribution in [0.25, 0.3) is 11.3 Å². The summed E-state index contributed by atoms with van der Waals surface area (Å²) in [4.78, 5) is 22.9. The number of carbonyl (C=O) groups is 1. The highest BCUT2D eigenvalue weighted by Crippen LogP contribution is 2.32. The fourth-order valence-corrected chi connectivity index (χ4v) is 3.54. The Bertz CT molecular complexity index is 970. The molecule has 6 nitrogen and oxygen atoms in total. The van der Waals surface area contributed by atoms with Crippen LogP contribution in [0.2, 0.25) is 10.0 Å². The van der Waals surface area contributed by atoms with Gasteiger partial charge in [0, 0.05) is 30.3 Å². The number of rotatable bonds is 7. The Morgan fingerprint density at radius 1 is 1.33 bits per heavy atom. The summed E-state index contributed by atoms with van der Waals surface area (Å²) in [7, 11) is 0. The lowest BCUT2D eigenvalue weighted by molar-refractivity contribution is -0.118. The SMILES string of the molecule is C=CCN(C(=O)CCc1nc(C)no1)c1nc(-c2ccc(Cl)c(Cl)c2)cs1. The van der Waals surface area contributed by atoms with Crippen molar-refractivity contribution >= 4 is 45.6 Å². The van der Waals surface area contributed by atoms with Crippen LogP contribution >= 0.6 is 34.5 Å². The molecule has 2 heterocycles. The van der Waals surface area contributed by atoms with Crippen molar-refractivity contribution in [2.75, 3.05) is 11.4 Å². The van der Waals surface area contributed by atoms with Gasteiger partial charge in [0.05, 0.1) is 15.7 Å². The van der Waals surface area contributed by atoms with Crippen molar-refractivity contribution in [2.24, 2.45) is 0 Å². The van der Waals surface area contributed by atoms with Gasteiger partial charge < -0.3 is 4.52 Å². The van der Waals surface area contributed by atoms with Crippen molar-refractivity contribution in [3.63, 3.8) is 0 Å². The summed E-state index contributed by atoms with van der Waals surface area (Å²) in [6.07, 6.45) is 2.27. The van der Waals surface area contributed by atoms with Crippen molar-refractivity contribution in [3.8, 4) is 11.3 Å². The first-order chi connectivity index (χ1) is 13.0. The molecular weight excluding hydrogens is 407 g/mol. The van der Waals surface area contributed by atoms with E-state index in [9.17, 15) is 4.79 Å². The summed E-state index contributed by atoms with van der Waals surface area (Å²) in [6.45, 7) is 5.82. The van der Waals surface area contributed by atoms with Gasteiger partial charge in [-0.3, -0.25) is 9.69 Å². The first-order valence-electron chi connectivity index (χ1n) is 8.09. The molecule has 3 rings (SSSR count). The fourth-order valence-electron chi connectivity index (χ4n) is 2.38. The number of amides is 1. The van der Waals surface area contributed by atoms with Gasteiger partial charge in [0.25, 0.3) is 0 Å². The quantitative estimate of drug-likeness (QED) is 0.503. The van der Waals surface area contributed by atoms with E-state index in [1.165, 1.54) is 11.3 Å². The van der Waals surface area contributed by atoms with Crippen LogP contribution in [-0.4, -0.2) is 27.6 Å². The predicted molar refractivity (Wildman–Crippen MR) is 107 cm³/mol. The van der Waals surface area contributed by atoms with Crippen LogP contribution < -0.4 is 4.90 Å². The van der Waals surface area contributed by atoms with E-state index in [0.717, 1.165) is 11.3 Å². The zero-order valence-corrected chi connectivity index (χ0v) is 16.8. The van der Waals surface area contributed by atoms with Crippen molar-refractivity contribution in [1.29, 1.82) is 0 Å². The molecule has 0 spiro atoms. The fraction of sp³-hybridized carbons (Fsp3) is 0.222. The lowest BCUT2D eigenvalue weighted by atomic mass is 10.2. The molecule has 0 atom stereocenters. The van der Waals surface area contributed by atoms with Gasteiger partial charge in [-0.2, -0.15) is 4.98 Å². The normalized spacial score (nSPS) is 10.8. The molecule has 0 fully saturated rings. The minimum Gasteiger partial charge on any atom is -0.339 e. The van der Waals surface area contributed by atoms with Crippen molar-refractivity contribution < 1.29 is 9.32 Å². The van der Waals surface area contributed by atoms with E-state index in [1.54, 1.807) is 30.0 Å². The Hall–Kier alpha value is -2.22. The van der Waals surface area contributed by atoms with Gasteiger partial charge in [0.2, 0.25) is 11.8 Å². The van der Waals surface area contributed by atoms with Gasteiger partial charge in [-0.1, -0.05) is 40.5 Å². The number of anilines is 1. The predicted octanol–water partition coefficient (Wildman–Crippen LogP) is 4.96. The lowest BCUT2D eigenvalue weighted by Crippen LogP contribution is -2.31. The lowest BCUT2D eigenvalue weighted by Gasteiger charge is -2.17. The van der Waals surface area contributed by atoms with Crippen LogP contribution in [0.1, 0.15) is 18.1 Å².